The molecule has 1 atom stereocenters. The van der Waals surface area contributed by atoms with Gasteiger partial charge >= 0.3 is 6.03 Å². The average molecular weight is 321 g/mol. The van der Waals surface area contributed by atoms with Crippen LogP contribution < -0.4 is 15.4 Å². The van der Waals surface area contributed by atoms with Crippen LogP contribution in [0.1, 0.15) is 25.2 Å². The third kappa shape index (κ3) is 4.94. The van der Waals surface area contributed by atoms with Crippen LogP contribution in [0.3, 0.4) is 0 Å². The summed E-state index contributed by atoms with van der Waals surface area (Å²) < 4.78 is 20.4. The maximum atomic E-state index is 13.3. The minimum absolute atomic E-state index is 0.216. The van der Waals surface area contributed by atoms with Crippen molar-refractivity contribution in [2.45, 2.75) is 19.4 Å². The molecule has 2 N–H and O–H groups in total. The molecular weight excluding hydrogens is 301 g/mol. The summed E-state index contributed by atoms with van der Waals surface area (Å²) >= 11 is 0. The molecule has 2 rings (SSSR count). The second-order valence-corrected chi connectivity index (χ2v) is 5.05. The summed E-state index contributed by atoms with van der Waals surface area (Å²) in [7, 11) is 1.81. The van der Waals surface area contributed by atoms with Gasteiger partial charge in [0, 0.05) is 13.6 Å². The number of nitrogens with one attached hydrogen (secondary N) is 2. The molecule has 0 unspecified atom stereocenters. The number of hydrogen-bond acceptors (Lipinski definition) is 4. The van der Waals surface area contributed by atoms with Crippen LogP contribution in [0.15, 0.2) is 30.6 Å². The van der Waals surface area contributed by atoms with Crippen LogP contribution in [-0.4, -0.2) is 33.9 Å². The Bertz CT molecular complexity index is 646. The lowest BCUT2D eigenvalue weighted by atomic mass is 10.3. The van der Waals surface area contributed by atoms with Gasteiger partial charge < -0.3 is 19.9 Å². The van der Waals surface area contributed by atoms with Gasteiger partial charge in [-0.2, -0.15) is 0 Å². The number of halogens is 1. The molecule has 2 amide bonds. The maximum Gasteiger partial charge on any atom is 0.315 e. The number of urea groups is 1. The molecular formula is C15H20FN5O2. The Balaban J connectivity index is 1.63. The number of ether oxygens (including phenoxy) is 1. The maximum absolute atomic E-state index is 13.3. The van der Waals surface area contributed by atoms with Gasteiger partial charge in [0.15, 0.2) is 17.4 Å². The fourth-order valence-electron chi connectivity index (χ4n) is 2.01. The summed E-state index contributed by atoms with van der Waals surface area (Å²) in [5, 5.41) is 13.2. The second kappa shape index (κ2) is 8.11. The van der Waals surface area contributed by atoms with Crippen molar-refractivity contribution in [3.05, 3.63) is 42.2 Å². The van der Waals surface area contributed by atoms with Crippen molar-refractivity contribution < 1.29 is 13.9 Å². The van der Waals surface area contributed by atoms with Crippen LogP contribution in [0.4, 0.5) is 9.18 Å². The number of para-hydroxylation sites is 1. The van der Waals surface area contributed by atoms with E-state index >= 15 is 0 Å². The van der Waals surface area contributed by atoms with Crippen molar-refractivity contribution >= 4 is 6.03 Å². The first kappa shape index (κ1) is 16.7. The number of amides is 2. The zero-order valence-corrected chi connectivity index (χ0v) is 13.1. The first-order valence-corrected chi connectivity index (χ1v) is 7.33. The third-order valence-electron chi connectivity index (χ3n) is 3.18. The van der Waals surface area contributed by atoms with Crippen molar-refractivity contribution in [2.24, 2.45) is 7.05 Å². The van der Waals surface area contributed by atoms with E-state index in [4.69, 9.17) is 4.74 Å². The fourth-order valence-corrected chi connectivity index (χ4v) is 2.01. The average Bonchev–Trinajstić information content (AvgIpc) is 2.95. The summed E-state index contributed by atoms with van der Waals surface area (Å²) in [5.41, 5.74) is 0. The van der Waals surface area contributed by atoms with E-state index < -0.39 is 5.82 Å². The highest BCUT2D eigenvalue weighted by atomic mass is 19.1. The van der Waals surface area contributed by atoms with Crippen molar-refractivity contribution in [1.82, 2.24) is 25.4 Å². The number of benzene rings is 1. The van der Waals surface area contributed by atoms with E-state index in [9.17, 15) is 9.18 Å². The monoisotopic (exact) mass is 321 g/mol. The molecule has 8 heteroatoms. The molecule has 23 heavy (non-hydrogen) atoms. The zero-order valence-electron chi connectivity index (χ0n) is 13.1. The Hall–Kier alpha value is -2.64. The highest BCUT2D eigenvalue weighted by Gasteiger charge is 2.13. The third-order valence-corrected chi connectivity index (χ3v) is 3.18. The Morgan fingerprint density at radius 3 is 2.91 bits per heavy atom. The predicted octanol–water partition coefficient (Wildman–Crippen LogP) is 1.78. The molecule has 0 radical (unpaired) electrons. The molecule has 1 aromatic carbocycles. The fraction of sp³-hybridized carbons (Fsp3) is 0.400. The summed E-state index contributed by atoms with van der Waals surface area (Å²) in [4.78, 5) is 11.8. The zero-order chi connectivity index (χ0) is 16.7. The van der Waals surface area contributed by atoms with Gasteiger partial charge in [0.2, 0.25) is 0 Å². The molecule has 124 valence electrons. The summed E-state index contributed by atoms with van der Waals surface area (Å²) in [6, 6.07) is 5.67. The smallest absolute Gasteiger partial charge is 0.315 e. The second-order valence-electron chi connectivity index (χ2n) is 5.05. The largest absolute Gasteiger partial charge is 0.490 e. The van der Waals surface area contributed by atoms with Crippen molar-refractivity contribution in [2.75, 3.05) is 13.2 Å². The quantitative estimate of drug-likeness (QED) is 0.762. The van der Waals surface area contributed by atoms with E-state index in [2.05, 4.69) is 20.8 Å². The van der Waals surface area contributed by atoms with Crippen molar-refractivity contribution in [1.29, 1.82) is 0 Å². The van der Waals surface area contributed by atoms with Gasteiger partial charge in [0.05, 0.1) is 12.6 Å². The molecule has 0 aliphatic carbocycles. The molecule has 0 saturated carbocycles. The number of carbonyl (C=O) groups is 1. The number of aromatic nitrogens is 3. The van der Waals surface area contributed by atoms with E-state index in [1.54, 1.807) is 29.1 Å². The van der Waals surface area contributed by atoms with Gasteiger partial charge in [-0.1, -0.05) is 12.1 Å². The molecule has 2 aromatic rings. The van der Waals surface area contributed by atoms with E-state index in [1.165, 1.54) is 6.07 Å². The normalized spacial score (nSPS) is 11.8. The predicted molar refractivity (Wildman–Crippen MR) is 82.5 cm³/mol. The van der Waals surface area contributed by atoms with E-state index in [0.29, 0.717) is 25.4 Å². The molecule has 0 spiro atoms. The number of carbonyl (C=O) groups excluding carboxylic acids is 1. The first-order chi connectivity index (χ1) is 11.1. The Morgan fingerprint density at radius 2 is 2.22 bits per heavy atom. The number of aryl methyl sites for hydroxylation is 1. The van der Waals surface area contributed by atoms with Crippen LogP contribution in [0, 0.1) is 5.82 Å². The van der Waals surface area contributed by atoms with E-state index in [-0.39, 0.29) is 17.8 Å². The lowest BCUT2D eigenvalue weighted by molar-refractivity contribution is 0.235. The van der Waals surface area contributed by atoms with Crippen LogP contribution in [0.5, 0.6) is 5.75 Å². The minimum Gasteiger partial charge on any atom is -0.490 e. The Morgan fingerprint density at radius 1 is 1.43 bits per heavy atom. The number of nitrogens with zero attached hydrogens (tertiary/aromatic N) is 3. The summed E-state index contributed by atoms with van der Waals surface area (Å²) in [6.45, 7) is 2.57. The number of rotatable bonds is 7. The van der Waals surface area contributed by atoms with Crippen molar-refractivity contribution in [3.8, 4) is 5.75 Å². The van der Waals surface area contributed by atoms with Gasteiger partial charge in [-0.25, -0.2) is 9.18 Å². The van der Waals surface area contributed by atoms with Gasteiger partial charge in [-0.15, -0.1) is 10.2 Å². The molecule has 0 aliphatic heterocycles. The lowest BCUT2D eigenvalue weighted by Gasteiger charge is -2.14. The van der Waals surface area contributed by atoms with E-state index in [0.717, 1.165) is 0 Å². The molecule has 0 saturated heterocycles. The van der Waals surface area contributed by atoms with Gasteiger partial charge in [0.1, 0.15) is 6.33 Å². The topological polar surface area (TPSA) is 81.1 Å². The Kier molecular flexibility index (Phi) is 5.90. The molecule has 1 aromatic heterocycles. The standard InChI is InChI=1S/C15H20FN5O2/c1-11(14-20-18-10-21(14)2)19-15(22)17-8-5-9-23-13-7-4-3-6-12(13)16/h3-4,6-7,10-11H,5,8-9H2,1-2H3,(H2,17,19,22)/t11-/m1/s1. The highest BCUT2D eigenvalue weighted by molar-refractivity contribution is 5.74. The Labute approximate surface area is 133 Å². The first-order valence-electron chi connectivity index (χ1n) is 7.33. The minimum atomic E-state index is -0.393. The molecule has 0 bridgehead atoms. The number of hydrogen-bond donors (Lipinski definition) is 2. The van der Waals surface area contributed by atoms with E-state index in [1.807, 2.05) is 14.0 Å². The van der Waals surface area contributed by atoms with Crippen LogP contribution >= 0.6 is 0 Å². The van der Waals surface area contributed by atoms with Gasteiger partial charge in [0.25, 0.3) is 0 Å². The molecule has 1 heterocycles. The lowest BCUT2D eigenvalue weighted by Crippen LogP contribution is -2.38. The van der Waals surface area contributed by atoms with Crippen LogP contribution in [-0.2, 0) is 7.05 Å². The summed E-state index contributed by atoms with van der Waals surface area (Å²) in [5.74, 6) is 0.492. The SMILES string of the molecule is C[C@@H](NC(=O)NCCCOc1ccccc1F)c1nncn1C. The van der Waals surface area contributed by atoms with Crippen LogP contribution in [0.2, 0.25) is 0 Å². The van der Waals surface area contributed by atoms with Gasteiger partial charge in [-0.05, 0) is 25.5 Å². The summed E-state index contributed by atoms with van der Waals surface area (Å²) in [6.07, 6.45) is 2.14. The highest BCUT2D eigenvalue weighted by Crippen LogP contribution is 2.15. The van der Waals surface area contributed by atoms with Crippen LogP contribution in [0.25, 0.3) is 0 Å². The molecule has 0 aliphatic rings. The molecule has 0 fully saturated rings. The van der Waals surface area contributed by atoms with Crippen molar-refractivity contribution in [3.63, 3.8) is 0 Å². The molecule has 7 nitrogen and oxygen atoms in total. The van der Waals surface area contributed by atoms with Gasteiger partial charge in [-0.3, -0.25) is 0 Å².